The van der Waals surface area contributed by atoms with Crippen molar-refractivity contribution in [2.45, 2.75) is 45.3 Å². The molecule has 94 valence electrons. The normalized spacial score (nSPS) is 29.9. The zero-order valence-corrected chi connectivity index (χ0v) is 11.3. The second-order valence-corrected chi connectivity index (χ2v) is 5.31. The molecule has 0 aromatic rings. The lowest BCUT2D eigenvalue weighted by Gasteiger charge is -2.59. The summed E-state index contributed by atoms with van der Waals surface area (Å²) in [5.41, 5.74) is 1.27. The molecule has 3 aliphatic rings. The Morgan fingerprint density at radius 2 is 1.94 bits per heavy atom. The van der Waals surface area contributed by atoms with Gasteiger partial charge in [0.15, 0.2) is 0 Å². The van der Waals surface area contributed by atoms with E-state index in [0.29, 0.717) is 6.04 Å². The first-order valence-corrected chi connectivity index (χ1v) is 6.65. The SMILES string of the molecule is C=C/C(=C\C=C/C)N1CC2CC(C1)N2C(C)C. The molecule has 0 spiro atoms. The number of hydrogen-bond donors (Lipinski definition) is 0. The smallest absolute Gasteiger partial charge is 0.0361 e. The molecule has 2 atom stereocenters. The van der Waals surface area contributed by atoms with Gasteiger partial charge in [-0.1, -0.05) is 18.7 Å². The molecular formula is C15H24N2. The van der Waals surface area contributed by atoms with Crippen LogP contribution in [0.15, 0.2) is 36.6 Å². The van der Waals surface area contributed by atoms with E-state index in [-0.39, 0.29) is 0 Å². The molecule has 0 amide bonds. The lowest BCUT2D eigenvalue weighted by molar-refractivity contribution is -0.0770. The Hall–Kier alpha value is -1.02. The molecule has 2 unspecified atom stereocenters. The number of hydrogen-bond acceptors (Lipinski definition) is 2. The molecule has 3 rings (SSSR count). The highest BCUT2D eigenvalue weighted by Gasteiger charge is 2.45. The number of piperazine rings is 1. The number of allylic oxidation sites excluding steroid dienone is 4. The molecule has 0 aliphatic carbocycles. The molecule has 3 fully saturated rings. The monoisotopic (exact) mass is 232 g/mol. The van der Waals surface area contributed by atoms with E-state index >= 15 is 0 Å². The van der Waals surface area contributed by atoms with E-state index in [2.05, 4.69) is 48.5 Å². The summed E-state index contributed by atoms with van der Waals surface area (Å²) >= 11 is 0. The van der Waals surface area contributed by atoms with E-state index in [1.165, 1.54) is 12.1 Å². The van der Waals surface area contributed by atoms with Crippen LogP contribution >= 0.6 is 0 Å². The molecule has 3 heterocycles. The predicted molar refractivity (Wildman–Crippen MR) is 73.8 cm³/mol. The number of piperidine rings is 1. The van der Waals surface area contributed by atoms with Gasteiger partial charge in [-0.3, -0.25) is 4.90 Å². The van der Waals surface area contributed by atoms with Crippen LogP contribution in [0.3, 0.4) is 0 Å². The summed E-state index contributed by atoms with van der Waals surface area (Å²) in [6.07, 6.45) is 9.68. The molecule has 0 N–H and O–H groups in total. The molecule has 17 heavy (non-hydrogen) atoms. The lowest BCUT2D eigenvalue weighted by Crippen LogP contribution is -2.69. The van der Waals surface area contributed by atoms with Gasteiger partial charge in [0, 0.05) is 36.9 Å². The summed E-state index contributed by atoms with van der Waals surface area (Å²) in [6.45, 7) is 12.9. The van der Waals surface area contributed by atoms with Crippen LogP contribution in [0.25, 0.3) is 0 Å². The summed E-state index contributed by atoms with van der Waals surface area (Å²) in [5, 5.41) is 0. The Kier molecular flexibility index (Phi) is 3.72. The maximum atomic E-state index is 3.93. The first-order chi connectivity index (χ1) is 8.17. The zero-order chi connectivity index (χ0) is 12.4. The number of rotatable bonds is 4. The molecule has 3 saturated heterocycles. The van der Waals surface area contributed by atoms with E-state index < -0.39 is 0 Å². The molecule has 0 aromatic carbocycles. The summed E-state index contributed by atoms with van der Waals surface area (Å²) in [5.74, 6) is 0. The van der Waals surface area contributed by atoms with E-state index in [1.54, 1.807) is 0 Å². The minimum absolute atomic E-state index is 0.688. The molecule has 2 nitrogen and oxygen atoms in total. The van der Waals surface area contributed by atoms with Crippen molar-refractivity contribution in [3.05, 3.63) is 36.6 Å². The fraction of sp³-hybridized carbons (Fsp3) is 0.600. The lowest BCUT2D eigenvalue weighted by atomic mass is 9.85. The van der Waals surface area contributed by atoms with Crippen molar-refractivity contribution in [1.82, 2.24) is 9.80 Å². The Balaban J connectivity index is 2.01. The van der Waals surface area contributed by atoms with Gasteiger partial charge in [-0.05, 0) is 39.3 Å². The van der Waals surface area contributed by atoms with E-state index in [1.807, 2.05) is 13.0 Å². The Morgan fingerprint density at radius 1 is 1.29 bits per heavy atom. The van der Waals surface area contributed by atoms with Gasteiger partial charge >= 0.3 is 0 Å². The molecule has 0 aromatic heterocycles. The van der Waals surface area contributed by atoms with Crippen LogP contribution < -0.4 is 0 Å². The molecule has 2 heteroatoms. The Morgan fingerprint density at radius 3 is 2.41 bits per heavy atom. The van der Waals surface area contributed by atoms with Crippen LogP contribution in [0.2, 0.25) is 0 Å². The summed E-state index contributed by atoms with van der Waals surface area (Å²) in [7, 11) is 0. The first kappa shape index (κ1) is 12.4. The van der Waals surface area contributed by atoms with Gasteiger partial charge in [-0.2, -0.15) is 0 Å². The van der Waals surface area contributed by atoms with Crippen LogP contribution in [0.1, 0.15) is 27.2 Å². The molecule has 0 radical (unpaired) electrons. The van der Waals surface area contributed by atoms with E-state index in [9.17, 15) is 0 Å². The largest absolute Gasteiger partial charge is 0.368 e. The van der Waals surface area contributed by atoms with Crippen LogP contribution in [0.4, 0.5) is 0 Å². The number of nitrogens with zero attached hydrogens (tertiary/aromatic N) is 2. The topological polar surface area (TPSA) is 6.48 Å². The quantitative estimate of drug-likeness (QED) is 0.688. The average Bonchev–Trinajstić information content (AvgIpc) is 2.29. The van der Waals surface area contributed by atoms with Crippen LogP contribution in [-0.2, 0) is 0 Å². The highest BCUT2D eigenvalue weighted by molar-refractivity contribution is 5.23. The Labute approximate surface area is 105 Å². The van der Waals surface area contributed by atoms with Crippen LogP contribution in [0, 0.1) is 0 Å². The zero-order valence-electron chi connectivity index (χ0n) is 11.3. The summed E-state index contributed by atoms with van der Waals surface area (Å²) in [6, 6.07) is 2.19. The number of fused-ring (bicyclic) bond motifs is 2. The minimum Gasteiger partial charge on any atom is -0.368 e. The fourth-order valence-corrected chi connectivity index (χ4v) is 3.19. The molecular weight excluding hydrogens is 208 g/mol. The van der Waals surface area contributed by atoms with E-state index in [4.69, 9.17) is 0 Å². The summed E-state index contributed by atoms with van der Waals surface area (Å²) in [4.78, 5) is 5.14. The third-order valence-electron chi connectivity index (χ3n) is 3.88. The van der Waals surface area contributed by atoms with Gasteiger partial charge in [0.2, 0.25) is 0 Å². The van der Waals surface area contributed by atoms with Crippen LogP contribution in [0.5, 0.6) is 0 Å². The average molecular weight is 232 g/mol. The van der Waals surface area contributed by atoms with Gasteiger partial charge in [-0.25, -0.2) is 0 Å². The van der Waals surface area contributed by atoms with Crippen molar-refractivity contribution in [3.63, 3.8) is 0 Å². The summed E-state index contributed by atoms with van der Waals surface area (Å²) < 4.78 is 0. The first-order valence-electron chi connectivity index (χ1n) is 6.65. The van der Waals surface area contributed by atoms with Crippen molar-refractivity contribution >= 4 is 0 Å². The van der Waals surface area contributed by atoms with Crippen molar-refractivity contribution in [3.8, 4) is 0 Å². The fourth-order valence-electron chi connectivity index (χ4n) is 3.19. The Bertz CT molecular complexity index is 329. The third kappa shape index (κ3) is 2.32. The molecule has 2 bridgehead atoms. The van der Waals surface area contributed by atoms with Crippen molar-refractivity contribution in [2.24, 2.45) is 0 Å². The van der Waals surface area contributed by atoms with Crippen LogP contribution in [-0.4, -0.2) is 41.0 Å². The highest BCUT2D eigenvalue weighted by atomic mass is 15.4. The van der Waals surface area contributed by atoms with Gasteiger partial charge < -0.3 is 4.90 Å². The maximum absolute atomic E-state index is 3.93. The van der Waals surface area contributed by atoms with Crippen molar-refractivity contribution in [1.29, 1.82) is 0 Å². The van der Waals surface area contributed by atoms with Gasteiger partial charge in [0.05, 0.1) is 0 Å². The second kappa shape index (κ2) is 5.09. The minimum atomic E-state index is 0.688. The van der Waals surface area contributed by atoms with Crippen molar-refractivity contribution < 1.29 is 0 Å². The van der Waals surface area contributed by atoms with E-state index in [0.717, 1.165) is 25.2 Å². The van der Waals surface area contributed by atoms with Gasteiger partial charge in [0.25, 0.3) is 0 Å². The van der Waals surface area contributed by atoms with Gasteiger partial charge in [-0.15, -0.1) is 0 Å². The third-order valence-corrected chi connectivity index (χ3v) is 3.88. The molecule has 0 saturated carbocycles. The highest BCUT2D eigenvalue weighted by Crippen LogP contribution is 2.35. The maximum Gasteiger partial charge on any atom is 0.0361 e. The second-order valence-electron chi connectivity index (χ2n) is 5.31. The standard InChI is InChI=1S/C15H24N2/c1-5-7-8-13(6-2)16-10-14-9-15(11-16)17(14)12(3)4/h5-8,12,14-15H,2,9-11H2,1,3-4H3/b7-5-,13-8+. The van der Waals surface area contributed by atoms with Crippen molar-refractivity contribution in [2.75, 3.05) is 13.1 Å². The van der Waals surface area contributed by atoms with Gasteiger partial charge in [0.1, 0.15) is 0 Å². The molecule has 3 aliphatic heterocycles. The predicted octanol–water partition coefficient (Wildman–Crippen LogP) is 2.80.